The van der Waals surface area contributed by atoms with Gasteiger partial charge in [0.25, 0.3) is 0 Å². The number of aliphatic carboxylic acids is 1. The molecule has 2 rings (SSSR count). The molecule has 0 aromatic heterocycles. The number of rotatable bonds is 5. The fraction of sp³-hybridized carbons (Fsp3) is 0.0667. The monoisotopic (exact) mass is 326 g/mol. The van der Waals surface area contributed by atoms with Crippen LogP contribution < -0.4 is 4.74 Å². The number of halogens is 3. The molecule has 4 nitrogen and oxygen atoms in total. The number of carboxylic acid groups (broad SMARTS) is 1. The van der Waals surface area contributed by atoms with E-state index in [1.807, 2.05) is 0 Å². The molecule has 0 unspecified atom stereocenters. The molecule has 0 aliphatic rings. The number of carboxylic acids is 1. The molecule has 0 aliphatic carbocycles. The fourth-order valence-corrected chi connectivity index (χ4v) is 1.96. The van der Waals surface area contributed by atoms with Gasteiger partial charge in [-0.1, -0.05) is 11.6 Å². The third-order valence-corrected chi connectivity index (χ3v) is 2.90. The summed E-state index contributed by atoms with van der Waals surface area (Å²) in [4.78, 5) is 22.9. The van der Waals surface area contributed by atoms with Crippen LogP contribution in [0.5, 0.6) is 5.75 Å². The summed E-state index contributed by atoms with van der Waals surface area (Å²) < 4.78 is 31.4. The maximum absolute atomic E-state index is 13.2. The Kier molecular flexibility index (Phi) is 4.72. The molecule has 1 N–H and O–H groups in total. The van der Waals surface area contributed by atoms with Crippen LogP contribution in [0.3, 0.4) is 0 Å². The van der Waals surface area contributed by atoms with Crippen LogP contribution in [0, 0.1) is 11.6 Å². The molecule has 2 aromatic carbocycles. The number of hydrogen-bond acceptors (Lipinski definition) is 3. The van der Waals surface area contributed by atoms with Gasteiger partial charge in [0.1, 0.15) is 17.4 Å². The summed E-state index contributed by atoms with van der Waals surface area (Å²) in [6.07, 6.45) is 0. The molecule has 0 heterocycles. The van der Waals surface area contributed by atoms with Gasteiger partial charge in [0.15, 0.2) is 12.4 Å². The van der Waals surface area contributed by atoms with E-state index >= 15 is 0 Å². The first-order chi connectivity index (χ1) is 10.4. The number of carbonyl (C=O) groups is 2. The zero-order valence-electron chi connectivity index (χ0n) is 11.0. The second-order valence-electron chi connectivity index (χ2n) is 4.31. The zero-order valence-corrected chi connectivity index (χ0v) is 11.7. The number of benzene rings is 2. The first-order valence-corrected chi connectivity index (χ1v) is 6.39. The van der Waals surface area contributed by atoms with Crippen LogP contribution in [0.4, 0.5) is 8.78 Å². The summed E-state index contributed by atoms with van der Waals surface area (Å²) in [6.45, 7) is -0.667. The maximum atomic E-state index is 13.2. The Morgan fingerprint density at radius 1 is 1.09 bits per heavy atom. The highest BCUT2D eigenvalue weighted by molar-refractivity contribution is 6.31. The van der Waals surface area contributed by atoms with Crippen molar-refractivity contribution in [1.29, 1.82) is 0 Å². The predicted molar refractivity (Wildman–Crippen MR) is 74.4 cm³/mol. The van der Waals surface area contributed by atoms with E-state index in [9.17, 15) is 18.4 Å². The molecular formula is C15H9ClF2O4. The first-order valence-electron chi connectivity index (χ1n) is 6.02. The summed E-state index contributed by atoms with van der Waals surface area (Å²) in [5.41, 5.74) is -0.321. The second-order valence-corrected chi connectivity index (χ2v) is 4.75. The topological polar surface area (TPSA) is 63.6 Å². The van der Waals surface area contributed by atoms with Gasteiger partial charge < -0.3 is 9.84 Å². The summed E-state index contributed by atoms with van der Waals surface area (Å²) in [7, 11) is 0. The van der Waals surface area contributed by atoms with Crippen LogP contribution in [-0.2, 0) is 4.79 Å². The van der Waals surface area contributed by atoms with E-state index in [1.54, 1.807) is 0 Å². The van der Waals surface area contributed by atoms with E-state index in [-0.39, 0.29) is 21.9 Å². The lowest BCUT2D eigenvalue weighted by Crippen LogP contribution is -2.12. The summed E-state index contributed by atoms with van der Waals surface area (Å²) in [5.74, 6) is -3.82. The minimum absolute atomic E-state index is 0.0403. The molecule has 0 aliphatic heterocycles. The van der Waals surface area contributed by atoms with Gasteiger partial charge in [-0.25, -0.2) is 13.6 Å². The van der Waals surface area contributed by atoms with E-state index in [4.69, 9.17) is 21.4 Å². The number of carbonyl (C=O) groups excluding carboxylic acids is 1. The van der Waals surface area contributed by atoms with Crippen molar-refractivity contribution < 1.29 is 28.2 Å². The van der Waals surface area contributed by atoms with E-state index in [2.05, 4.69) is 0 Å². The van der Waals surface area contributed by atoms with Crippen LogP contribution in [-0.4, -0.2) is 23.5 Å². The quantitative estimate of drug-likeness (QED) is 0.856. The molecule has 0 bridgehead atoms. The molecule has 0 amide bonds. The highest BCUT2D eigenvalue weighted by atomic mass is 35.5. The molecule has 114 valence electrons. The smallest absolute Gasteiger partial charge is 0.341 e. The van der Waals surface area contributed by atoms with Crippen LogP contribution in [0.25, 0.3) is 0 Å². The molecule has 22 heavy (non-hydrogen) atoms. The van der Waals surface area contributed by atoms with Gasteiger partial charge in [0.2, 0.25) is 0 Å². The van der Waals surface area contributed by atoms with Crippen molar-refractivity contribution in [3.8, 4) is 5.75 Å². The van der Waals surface area contributed by atoms with Gasteiger partial charge in [-0.15, -0.1) is 0 Å². The Morgan fingerprint density at radius 3 is 2.32 bits per heavy atom. The highest BCUT2D eigenvalue weighted by Crippen LogP contribution is 2.26. The average molecular weight is 327 g/mol. The van der Waals surface area contributed by atoms with Crippen LogP contribution in [0.1, 0.15) is 15.9 Å². The van der Waals surface area contributed by atoms with Crippen LogP contribution >= 0.6 is 11.6 Å². The molecule has 0 radical (unpaired) electrons. The molecule has 0 saturated heterocycles. The lowest BCUT2D eigenvalue weighted by atomic mass is 10.0. The summed E-state index contributed by atoms with van der Waals surface area (Å²) in [5, 5.41) is 8.81. The number of hydrogen-bond donors (Lipinski definition) is 1. The Hall–Kier alpha value is -2.47. The summed E-state index contributed by atoms with van der Waals surface area (Å²) >= 11 is 5.80. The Balaban J connectivity index is 2.43. The van der Waals surface area contributed by atoms with Crippen molar-refractivity contribution >= 4 is 23.4 Å². The standard InChI is InChI=1S/C15H9ClF2O4/c16-9-1-2-13(22-7-14(19)20)12(5-9)15(21)8-3-10(17)6-11(18)4-8/h1-6H,7H2,(H,19,20). The van der Waals surface area contributed by atoms with Crippen molar-refractivity contribution in [2.75, 3.05) is 6.61 Å². The minimum atomic E-state index is -1.23. The maximum Gasteiger partial charge on any atom is 0.341 e. The van der Waals surface area contributed by atoms with E-state index in [1.165, 1.54) is 18.2 Å². The van der Waals surface area contributed by atoms with Gasteiger partial charge in [-0.2, -0.15) is 0 Å². The van der Waals surface area contributed by atoms with Gasteiger partial charge in [0.05, 0.1) is 5.56 Å². The lowest BCUT2D eigenvalue weighted by Gasteiger charge is -2.10. The van der Waals surface area contributed by atoms with E-state index < -0.39 is 30.0 Å². The molecule has 2 aromatic rings. The molecule has 0 fully saturated rings. The molecule has 0 saturated carbocycles. The Bertz CT molecular complexity index is 726. The van der Waals surface area contributed by atoms with Gasteiger partial charge >= 0.3 is 5.97 Å². The fourth-order valence-electron chi connectivity index (χ4n) is 1.79. The van der Waals surface area contributed by atoms with Gasteiger partial charge in [-0.05, 0) is 30.3 Å². The zero-order chi connectivity index (χ0) is 16.3. The third-order valence-electron chi connectivity index (χ3n) is 2.66. The van der Waals surface area contributed by atoms with Gasteiger partial charge in [0, 0.05) is 16.7 Å². The summed E-state index contributed by atoms with van der Waals surface area (Å²) in [6, 6.07) is 6.33. The van der Waals surface area contributed by atoms with Gasteiger partial charge in [-0.3, -0.25) is 4.79 Å². The normalized spacial score (nSPS) is 10.3. The molecule has 0 spiro atoms. The van der Waals surface area contributed by atoms with E-state index in [0.717, 1.165) is 12.1 Å². The highest BCUT2D eigenvalue weighted by Gasteiger charge is 2.18. The van der Waals surface area contributed by atoms with Crippen molar-refractivity contribution in [2.24, 2.45) is 0 Å². The Labute approximate surface area is 128 Å². The minimum Gasteiger partial charge on any atom is -0.481 e. The largest absolute Gasteiger partial charge is 0.481 e. The number of ketones is 1. The van der Waals surface area contributed by atoms with Crippen LogP contribution in [0.15, 0.2) is 36.4 Å². The van der Waals surface area contributed by atoms with Crippen LogP contribution in [0.2, 0.25) is 5.02 Å². The predicted octanol–water partition coefficient (Wildman–Crippen LogP) is 3.31. The number of ether oxygens (including phenoxy) is 1. The van der Waals surface area contributed by atoms with E-state index in [0.29, 0.717) is 6.07 Å². The van der Waals surface area contributed by atoms with Crippen molar-refractivity contribution in [3.63, 3.8) is 0 Å². The lowest BCUT2D eigenvalue weighted by molar-refractivity contribution is -0.139. The Morgan fingerprint density at radius 2 is 1.73 bits per heavy atom. The SMILES string of the molecule is O=C(O)COc1ccc(Cl)cc1C(=O)c1cc(F)cc(F)c1. The van der Waals surface area contributed by atoms with Crippen molar-refractivity contribution in [3.05, 3.63) is 64.2 Å². The van der Waals surface area contributed by atoms with Crippen molar-refractivity contribution in [1.82, 2.24) is 0 Å². The average Bonchev–Trinajstić information content (AvgIpc) is 2.44. The molecule has 7 heteroatoms. The second kappa shape index (κ2) is 6.53. The molecular weight excluding hydrogens is 318 g/mol. The first kappa shape index (κ1) is 15.9. The molecule has 0 atom stereocenters. The van der Waals surface area contributed by atoms with Crippen molar-refractivity contribution in [2.45, 2.75) is 0 Å². The third kappa shape index (κ3) is 3.79.